The molecule has 1 saturated carbocycles. The largest absolute Gasteiger partial charge is 0.481 e. The molecule has 0 aromatic rings. The van der Waals surface area contributed by atoms with Crippen molar-refractivity contribution in [2.75, 3.05) is 6.54 Å². The van der Waals surface area contributed by atoms with E-state index in [2.05, 4.69) is 4.72 Å². The fourth-order valence-electron chi connectivity index (χ4n) is 1.88. The maximum Gasteiger partial charge on any atom is 0.303 e. The van der Waals surface area contributed by atoms with Crippen LogP contribution in [0.3, 0.4) is 0 Å². The molecule has 1 aliphatic rings. The predicted octanol–water partition coefficient (Wildman–Crippen LogP) is 1.21. The van der Waals surface area contributed by atoms with Gasteiger partial charge >= 0.3 is 5.97 Å². The zero-order valence-corrected chi connectivity index (χ0v) is 11.2. The van der Waals surface area contributed by atoms with E-state index >= 15 is 0 Å². The van der Waals surface area contributed by atoms with Crippen LogP contribution in [-0.2, 0) is 14.8 Å². The Hall–Kier alpha value is -0.620. The normalized spacial score (nSPS) is 18.3. The lowest BCUT2D eigenvalue weighted by atomic mass is 9.94. The molecule has 0 saturated heterocycles. The van der Waals surface area contributed by atoms with E-state index in [1.165, 1.54) is 0 Å². The lowest BCUT2D eigenvalue weighted by molar-refractivity contribution is -0.138. The van der Waals surface area contributed by atoms with Gasteiger partial charge in [-0.15, -0.1) is 0 Å². The summed E-state index contributed by atoms with van der Waals surface area (Å²) in [6.45, 7) is 4.25. The zero-order chi connectivity index (χ0) is 13.1. The number of nitrogens with one attached hydrogen (secondary N) is 1. The number of hydrogen-bond donors (Lipinski definition) is 2. The van der Waals surface area contributed by atoms with Crippen LogP contribution >= 0.6 is 0 Å². The Morgan fingerprint density at radius 1 is 1.41 bits per heavy atom. The molecule has 0 aliphatic heterocycles. The quantitative estimate of drug-likeness (QED) is 0.689. The standard InChI is InChI=1S/C11H21NO4S/c1-8(2)5-9(6-11(13)14)7-12-17(15,16)10-3-4-10/h8-10,12H,3-7H2,1-2H3,(H,13,14). The Bertz CT molecular complexity index is 360. The molecule has 1 aliphatic carbocycles. The second-order valence-corrected chi connectivity index (χ2v) is 7.23. The van der Waals surface area contributed by atoms with E-state index in [1.807, 2.05) is 13.8 Å². The fraction of sp³-hybridized carbons (Fsp3) is 0.909. The van der Waals surface area contributed by atoms with Gasteiger partial charge in [0.1, 0.15) is 0 Å². The second kappa shape index (κ2) is 5.82. The van der Waals surface area contributed by atoms with Crippen LogP contribution in [0.1, 0.15) is 39.5 Å². The molecule has 17 heavy (non-hydrogen) atoms. The summed E-state index contributed by atoms with van der Waals surface area (Å²) in [5, 5.41) is 8.53. The highest BCUT2D eigenvalue weighted by Crippen LogP contribution is 2.27. The molecule has 1 unspecified atom stereocenters. The third-order valence-corrected chi connectivity index (χ3v) is 4.72. The van der Waals surface area contributed by atoms with Gasteiger partial charge in [0, 0.05) is 13.0 Å². The molecule has 0 amide bonds. The van der Waals surface area contributed by atoms with Gasteiger partial charge in [-0.3, -0.25) is 4.79 Å². The Morgan fingerprint density at radius 3 is 2.41 bits per heavy atom. The van der Waals surface area contributed by atoms with E-state index in [0.717, 1.165) is 19.3 Å². The maximum atomic E-state index is 11.6. The summed E-state index contributed by atoms with van der Waals surface area (Å²) in [5.41, 5.74) is 0. The molecule has 100 valence electrons. The van der Waals surface area contributed by atoms with Crippen molar-refractivity contribution in [1.82, 2.24) is 4.72 Å². The number of rotatable bonds is 8. The van der Waals surface area contributed by atoms with Gasteiger partial charge < -0.3 is 5.11 Å². The van der Waals surface area contributed by atoms with Crippen molar-refractivity contribution in [3.05, 3.63) is 0 Å². The summed E-state index contributed by atoms with van der Waals surface area (Å²) in [6.07, 6.45) is 2.19. The first-order valence-electron chi connectivity index (χ1n) is 6.01. The van der Waals surface area contributed by atoms with Crippen molar-refractivity contribution >= 4 is 16.0 Å². The number of carbonyl (C=O) groups is 1. The minimum atomic E-state index is -3.20. The third kappa shape index (κ3) is 5.50. The second-order valence-electron chi connectivity index (χ2n) is 5.19. The molecule has 0 spiro atoms. The first-order chi connectivity index (χ1) is 7.81. The van der Waals surface area contributed by atoms with E-state index < -0.39 is 16.0 Å². The Kier molecular flexibility index (Phi) is 4.94. The molecule has 1 atom stereocenters. The van der Waals surface area contributed by atoms with E-state index in [1.54, 1.807) is 0 Å². The van der Waals surface area contributed by atoms with Crippen LogP contribution in [-0.4, -0.2) is 31.3 Å². The highest BCUT2D eigenvalue weighted by atomic mass is 32.2. The van der Waals surface area contributed by atoms with Crippen molar-refractivity contribution in [3.8, 4) is 0 Å². The Morgan fingerprint density at radius 2 is 2.00 bits per heavy atom. The highest BCUT2D eigenvalue weighted by Gasteiger charge is 2.35. The van der Waals surface area contributed by atoms with Gasteiger partial charge in [0.15, 0.2) is 0 Å². The molecule has 6 heteroatoms. The zero-order valence-electron chi connectivity index (χ0n) is 10.3. The van der Waals surface area contributed by atoms with Crippen molar-refractivity contribution in [2.24, 2.45) is 11.8 Å². The van der Waals surface area contributed by atoms with Crippen molar-refractivity contribution in [2.45, 2.75) is 44.8 Å². The van der Waals surface area contributed by atoms with E-state index in [-0.39, 0.29) is 24.1 Å². The summed E-state index contributed by atoms with van der Waals surface area (Å²) >= 11 is 0. The SMILES string of the molecule is CC(C)CC(CNS(=O)(=O)C1CC1)CC(=O)O. The minimum absolute atomic E-state index is 0.0192. The Balaban J connectivity index is 2.44. The number of hydrogen-bond acceptors (Lipinski definition) is 3. The first kappa shape index (κ1) is 14.4. The molecule has 1 rings (SSSR count). The van der Waals surface area contributed by atoms with Crippen LogP contribution < -0.4 is 4.72 Å². The van der Waals surface area contributed by atoms with E-state index in [0.29, 0.717) is 5.92 Å². The number of sulfonamides is 1. The molecule has 2 N–H and O–H groups in total. The lowest BCUT2D eigenvalue weighted by Crippen LogP contribution is -2.33. The summed E-state index contributed by atoms with van der Waals surface area (Å²) in [5.74, 6) is -0.632. The van der Waals surface area contributed by atoms with Crippen molar-refractivity contribution in [1.29, 1.82) is 0 Å². The average molecular weight is 263 g/mol. The van der Waals surface area contributed by atoms with Crippen LogP contribution in [0.2, 0.25) is 0 Å². The molecule has 0 aromatic heterocycles. The van der Waals surface area contributed by atoms with Crippen LogP contribution in [0.5, 0.6) is 0 Å². The number of carboxylic acid groups (broad SMARTS) is 1. The highest BCUT2D eigenvalue weighted by molar-refractivity contribution is 7.90. The van der Waals surface area contributed by atoms with Gasteiger partial charge in [-0.25, -0.2) is 13.1 Å². The van der Waals surface area contributed by atoms with Gasteiger partial charge in [-0.05, 0) is 31.1 Å². The van der Waals surface area contributed by atoms with Gasteiger partial charge in [-0.1, -0.05) is 13.8 Å². The topological polar surface area (TPSA) is 83.5 Å². The molecule has 5 nitrogen and oxygen atoms in total. The number of aliphatic carboxylic acids is 1. The monoisotopic (exact) mass is 263 g/mol. The smallest absolute Gasteiger partial charge is 0.303 e. The molecule has 0 radical (unpaired) electrons. The van der Waals surface area contributed by atoms with Gasteiger partial charge in [0.05, 0.1) is 5.25 Å². The molecule has 1 fully saturated rings. The average Bonchev–Trinajstić information content (AvgIpc) is 2.95. The fourth-order valence-corrected chi connectivity index (χ4v) is 3.34. The van der Waals surface area contributed by atoms with Gasteiger partial charge in [0.25, 0.3) is 0 Å². The van der Waals surface area contributed by atoms with Crippen molar-refractivity contribution in [3.63, 3.8) is 0 Å². The maximum absolute atomic E-state index is 11.6. The molecule has 0 aromatic carbocycles. The molecule has 0 heterocycles. The number of carboxylic acids is 1. The lowest BCUT2D eigenvalue weighted by Gasteiger charge is -2.17. The van der Waals surface area contributed by atoms with Crippen LogP contribution in [0.15, 0.2) is 0 Å². The minimum Gasteiger partial charge on any atom is -0.481 e. The summed E-state index contributed by atoms with van der Waals surface area (Å²) in [6, 6.07) is 0. The first-order valence-corrected chi connectivity index (χ1v) is 7.56. The van der Waals surface area contributed by atoms with Crippen LogP contribution in [0, 0.1) is 11.8 Å². The van der Waals surface area contributed by atoms with Crippen LogP contribution in [0.25, 0.3) is 0 Å². The third-order valence-electron chi connectivity index (χ3n) is 2.80. The molecular weight excluding hydrogens is 242 g/mol. The van der Waals surface area contributed by atoms with Crippen LogP contribution in [0.4, 0.5) is 0 Å². The summed E-state index contributed by atoms with van der Waals surface area (Å²) in [7, 11) is -3.20. The summed E-state index contributed by atoms with van der Waals surface area (Å²) < 4.78 is 25.8. The Labute approximate surface area is 103 Å². The van der Waals surface area contributed by atoms with Gasteiger partial charge in [0.2, 0.25) is 10.0 Å². The van der Waals surface area contributed by atoms with E-state index in [9.17, 15) is 13.2 Å². The van der Waals surface area contributed by atoms with Gasteiger partial charge in [-0.2, -0.15) is 0 Å². The molecular formula is C11H21NO4S. The van der Waals surface area contributed by atoms with Crippen molar-refractivity contribution < 1.29 is 18.3 Å². The molecule has 0 bridgehead atoms. The summed E-state index contributed by atoms with van der Waals surface area (Å²) in [4.78, 5) is 10.7. The van der Waals surface area contributed by atoms with E-state index in [4.69, 9.17) is 5.11 Å². The predicted molar refractivity (Wildman–Crippen MR) is 65.1 cm³/mol.